The molecule has 0 radical (unpaired) electrons. The first-order valence-corrected chi connectivity index (χ1v) is 17.4. The molecule has 1 saturated heterocycles. The highest BCUT2D eigenvalue weighted by atomic mass is 16.4. The molecule has 4 N–H and O–H groups in total. The first-order valence-electron chi connectivity index (χ1n) is 17.4. The molecule has 1 heterocycles. The predicted molar refractivity (Wildman–Crippen MR) is 189 cm³/mol. The first-order chi connectivity index (χ1) is 24.0. The number of rotatable bonds is 19. The van der Waals surface area contributed by atoms with Crippen molar-refractivity contribution in [3.8, 4) is 0 Å². The van der Waals surface area contributed by atoms with Crippen molar-refractivity contribution in [1.82, 2.24) is 24.9 Å². The van der Waals surface area contributed by atoms with Crippen molar-refractivity contribution in [1.29, 1.82) is 0 Å². The molecule has 0 unspecified atom stereocenters. The van der Waals surface area contributed by atoms with Crippen LogP contribution in [0, 0.1) is 0 Å². The molecule has 2 aromatic carbocycles. The topological polar surface area (TPSA) is 171 Å². The molecule has 2 aromatic rings. The van der Waals surface area contributed by atoms with E-state index in [1.54, 1.807) is 14.7 Å². The minimum Gasteiger partial charge on any atom is -0.480 e. The van der Waals surface area contributed by atoms with Crippen molar-refractivity contribution in [3.05, 3.63) is 71.3 Å². The van der Waals surface area contributed by atoms with Crippen molar-refractivity contribution >= 4 is 29.5 Å². The molecular weight excluding hydrogens is 642 g/mol. The minimum absolute atomic E-state index is 0.0318. The highest BCUT2D eigenvalue weighted by Crippen LogP contribution is 2.11. The molecule has 1 aliphatic rings. The summed E-state index contributed by atoms with van der Waals surface area (Å²) in [7, 11) is 0. The van der Waals surface area contributed by atoms with Gasteiger partial charge in [0.05, 0.1) is 32.2 Å². The van der Waals surface area contributed by atoms with Crippen LogP contribution in [-0.2, 0) is 43.4 Å². The summed E-state index contributed by atoms with van der Waals surface area (Å²) >= 11 is 0. The van der Waals surface area contributed by atoms with Gasteiger partial charge in [0.2, 0.25) is 0 Å². The molecule has 0 amide bonds. The summed E-state index contributed by atoms with van der Waals surface area (Å²) < 4.78 is 0. The maximum absolute atomic E-state index is 13.2. The Hall–Kier alpha value is -4.01. The number of hydrogen-bond donors (Lipinski definition) is 4. The fraction of sp³-hybridized carbons (Fsp3) is 0.541. The summed E-state index contributed by atoms with van der Waals surface area (Å²) in [6.45, 7) is 4.82. The van der Waals surface area contributed by atoms with E-state index in [-0.39, 0.29) is 43.8 Å². The molecule has 274 valence electrons. The van der Waals surface area contributed by atoms with E-state index >= 15 is 0 Å². The molecule has 0 saturated carbocycles. The van der Waals surface area contributed by atoms with Crippen LogP contribution < -0.4 is 5.32 Å². The number of nitrogens with one attached hydrogen (secondary N) is 1. The Kier molecular flexibility index (Phi) is 17.7. The number of aliphatic carboxylic acids is 3. The van der Waals surface area contributed by atoms with Crippen molar-refractivity contribution in [2.75, 3.05) is 78.5 Å². The third-order valence-corrected chi connectivity index (χ3v) is 8.98. The Labute approximate surface area is 294 Å². The summed E-state index contributed by atoms with van der Waals surface area (Å²) in [5.74, 6) is -2.76. The summed E-state index contributed by atoms with van der Waals surface area (Å²) in [5, 5.41) is 31.6. The van der Waals surface area contributed by atoms with Gasteiger partial charge in [0.1, 0.15) is 11.6 Å². The smallest absolute Gasteiger partial charge is 0.317 e. The van der Waals surface area contributed by atoms with Crippen LogP contribution in [0.3, 0.4) is 0 Å². The molecule has 1 fully saturated rings. The molecule has 50 heavy (non-hydrogen) atoms. The number of carboxylic acid groups (broad SMARTS) is 3. The second-order valence-electron chi connectivity index (χ2n) is 12.9. The van der Waals surface area contributed by atoms with E-state index in [0.717, 1.165) is 24.0 Å². The molecular formula is C37H53N5O8. The number of nitrogens with zero attached hydrogens (tertiary/aromatic N) is 4. The maximum atomic E-state index is 13.2. The van der Waals surface area contributed by atoms with Gasteiger partial charge in [0.25, 0.3) is 0 Å². The summed E-state index contributed by atoms with van der Waals surface area (Å²) in [4.78, 5) is 67.3. The van der Waals surface area contributed by atoms with Crippen LogP contribution >= 0.6 is 0 Å². The zero-order valence-corrected chi connectivity index (χ0v) is 29.2. The van der Waals surface area contributed by atoms with Gasteiger partial charge in [-0.25, -0.2) is 0 Å². The van der Waals surface area contributed by atoms with Gasteiger partial charge in [-0.05, 0) is 36.0 Å². The lowest BCUT2D eigenvalue weighted by Crippen LogP contribution is -2.49. The van der Waals surface area contributed by atoms with E-state index in [0.29, 0.717) is 78.2 Å². The molecule has 0 bridgehead atoms. The van der Waals surface area contributed by atoms with Crippen LogP contribution in [0.25, 0.3) is 0 Å². The monoisotopic (exact) mass is 695 g/mol. The average Bonchev–Trinajstić information content (AvgIpc) is 3.08. The van der Waals surface area contributed by atoms with Gasteiger partial charge in [-0.15, -0.1) is 0 Å². The van der Waals surface area contributed by atoms with Crippen LogP contribution in [0.2, 0.25) is 0 Å². The number of Topliss-reactive ketones (excluding diaryl/α,β-unsaturated/α-hetero) is 2. The number of aryl methyl sites for hydroxylation is 2. The van der Waals surface area contributed by atoms with Crippen LogP contribution in [0.4, 0.5) is 0 Å². The third-order valence-electron chi connectivity index (χ3n) is 8.98. The Morgan fingerprint density at radius 1 is 0.600 bits per heavy atom. The average molecular weight is 696 g/mol. The van der Waals surface area contributed by atoms with Gasteiger partial charge in [-0.2, -0.15) is 0 Å². The molecule has 0 aliphatic carbocycles. The van der Waals surface area contributed by atoms with Gasteiger partial charge in [-0.3, -0.25) is 43.6 Å². The van der Waals surface area contributed by atoms with Gasteiger partial charge >= 0.3 is 17.9 Å². The van der Waals surface area contributed by atoms with E-state index in [1.165, 1.54) is 5.56 Å². The third kappa shape index (κ3) is 16.1. The summed E-state index contributed by atoms with van der Waals surface area (Å²) in [6.07, 6.45) is 2.91. The van der Waals surface area contributed by atoms with E-state index in [9.17, 15) is 39.3 Å². The molecule has 0 aromatic heterocycles. The minimum atomic E-state index is -1.01. The molecule has 3 rings (SSSR count). The van der Waals surface area contributed by atoms with Crippen LogP contribution in [0.1, 0.15) is 42.9 Å². The Morgan fingerprint density at radius 2 is 1.02 bits per heavy atom. The fourth-order valence-corrected chi connectivity index (χ4v) is 6.04. The lowest BCUT2D eigenvalue weighted by atomic mass is 10.0. The number of carbonyl (C=O) groups is 5. The van der Waals surface area contributed by atoms with Crippen molar-refractivity contribution in [2.24, 2.45) is 0 Å². The van der Waals surface area contributed by atoms with Gasteiger partial charge in [0, 0.05) is 71.7 Å². The van der Waals surface area contributed by atoms with Crippen molar-refractivity contribution in [2.45, 2.75) is 51.6 Å². The molecule has 1 atom stereocenters. The van der Waals surface area contributed by atoms with E-state index in [2.05, 4.69) is 17.4 Å². The largest absolute Gasteiger partial charge is 0.480 e. The predicted octanol–water partition coefficient (Wildman–Crippen LogP) is 1.73. The highest BCUT2D eigenvalue weighted by molar-refractivity contribution is 5.83. The summed E-state index contributed by atoms with van der Waals surface area (Å²) in [5.41, 5.74) is 3.28. The molecule has 0 spiro atoms. The molecule has 13 heteroatoms. The Morgan fingerprint density at radius 3 is 1.46 bits per heavy atom. The maximum Gasteiger partial charge on any atom is 0.317 e. The van der Waals surface area contributed by atoms with Crippen molar-refractivity contribution < 1.29 is 39.3 Å². The highest BCUT2D eigenvalue weighted by Gasteiger charge is 2.21. The van der Waals surface area contributed by atoms with Crippen molar-refractivity contribution in [3.63, 3.8) is 0 Å². The van der Waals surface area contributed by atoms with Gasteiger partial charge in [-0.1, -0.05) is 61.5 Å². The number of carboxylic acids is 3. The lowest BCUT2D eigenvalue weighted by molar-refractivity contribution is -0.140. The number of carbonyl (C=O) groups excluding carboxylic acids is 2. The standard InChI is InChI=1S/C37H53N5O8/c1-2-34(44)33(15-13-29-6-4-3-5-7-29)38-24-31-10-8-30(9-11-31)12-14-32(43)25-39-16-18-40(26-35(45)46)20-22-42(28-37(49)50)23-21-41(19-17-39)27-36(47)48/h3-11,33,38H,2,12-28H2,1H3,(H,45,46)(H,47,48)(H,49,50)/t33-/m1/s1. The van der Waals surface area contributed by atoms with Gasteiger partial charge in [0.15, 0.2) is 0 Å². The number of benzene rings is 2. The Bertz CT molecular complexity index is 1340. The normalized spacial score (nSPS) is 16.6. The second-order valence-corrected chi connectivity index (χ2v) is 12.9. The van der Waals surface area contributed by atoms with Crippen LogP contribution in [0.15, 0.2) is 54.6 Å². The summed E-state index contributed by atoms with van der Waals surface area (Å²) in [6, 6.07) is 17.9. The zero-order valence-electron chi connectivity index (χ0n) is 29.2. The lowest BCUT2D eigenvalue weighted by Gasteiger charge is -2.32. The van der Waals surface area contributed by atoms with E-state index in [4.69, 9.17) is 0 Å². The quantitative estimate of drug-likeness (QED) is 0.168. The first kappa shape index (κ1) is 40.4. The van der Waals surface area contributed by atoms with Crippen LogP contribution in [-0.4, -0.2) is 149 Å². The number of hydrogen-bond acceptors (Lipinski definition) is 10. The number of ketones is 2. The fourth-order valence-electron chi connectivity index (χ4n) is 6.04. The van der Waals surface area contributed by atoms with Crippen LogP contribution in [0.5, 0.6) is 0 Å². The van der Waals surface area contributed by atoms with Gasteiger partial charge < -0.3 is 20.6 Å². The van der Waals surface area contributed by atoms with E-state index in [1.807, 2.05) is 54.3 Å². The zero-order chi connectivity index (χ0) is 36.3. The van der Waals surface area contributed by atoms with E-state index < -0.39 is 17.9 Å². The molecule has 13 nitrogen and oxygen atoms in total. The Balaban J connectivity index is 1.55. The molecule has 1 aliphatic heterocycles. The second kappa shape index (κ2) is 21.9. The SMILES string of the molecule is CCC(=O)[C@@H](CCc1ccccc1)NCc1ccc(CCC(=O)CN2CCN(CC(=O)O)CCN(CC(=O)O)CCN(CC(=O)O)CC2)cc1.